The molecular weight excluding hydrogens is 392 g/mol. The number of carbonyl (C=O) groups excluding carboxylic acids is 1. The Morgan fingerprint density at radius 1 is 1.25 bits per heavy atom. The number of nitrogens with zero attached hydrogens (tertiary/aromatic N) is 4. The molecule has 4 rings (SSSR count). The lowest BCUT2D eigenvalue weighted by Gasteiger charge is -2.19. The van der Waals surface area contributed by atoms with Crippen LogP contribution >= 0.6 is 24.0 Å². The third-order valence-corrected chi connectivity index (χ3v) is 6.23. The quantitative estimate of drug-likeness (QED) is 0.566. The van der Waals surface area contributed by atoms with Crippen molar-refractivity contribution in [2.24, 2.45) is 5.92 Å². The minimum absolute atomic E-state index is 0.131. The summed E-state index contributed by atoms with van der Waals surface area (Å²) in [6.45, 7) is 6.41. The van der Waals surface area contributed by atoms with Crippen molar-refractivity contribution in [1.82, 2.24) is 14.3 Å². The van der Waals surface area contributed by atoms with Gasteiger partial charge in [-0.2, -0.15) is 0 Å². The third-order valence-electron chi connectivity index (χ3n) is 4.85. The molecule has 28 heavy (non-hydrogen) atoms. The summed E-state index contributed by atoms with van der Waals surface area (Å²) in [4.78, 5) is 35.1. The summed E-state index contributed by atoms with van der Waals surface area (Å²) in [5.74, 6) is 0.839. The van der Waals surface area contributed by atoms with Crippen LogP contribution in [0.3, 0.4) is 0 Å². The molecule has 6 nitrogen and oxygen atoms in total. The number of aromatic nitrogens is 2. The first-order valence-electron chi connectivity index (χ1n) is 9.47. The lowest BCUT2D eigenvalue weighted by atomic mass is 10.2. The number of pyridine rings is 1. The Morgan fingerprint density at radius 2 is 2.00 bits per heavy atom. The van der Waals surface area contributed by atoms with Crippen LogP contribution in [0.4, 0.5) is 5.82 Å². The monoisotopic (exact) mass is 414 g/mol. The number of anilines is 1. The highest BCUT2D eigenvalue weighted by Crippen LogP contribution is 2.34. The van der Waals surface area contributed by atoms with E-state index in [1.54, 1.807) is 23.2 Å². The average molecular weight is 415 g/mol. The van der Waals surface area contributed by atoms with Gasteiger partial charge in [-0.05, 0) is 37.0 Å². The normalized spacial score (nSPS) is 19.0. The Labute approximate surface area is 173 Å². The Morgan fingerprint density at radius 3 is 2.71 bits per heavy atom. The van der Waals surface area contributed by atoms with E-state index in [0.717, 1.165) is 25.9 Å². The Hall–Kier alpha value is -2.19. The summed E-state index contributed by atoms with van der Waals surface area (Å²) < 4.78 is 2.07. The summed E-state index contributed by atoms with van der Waals surface area (Å²) >= 11 is 6.66. The molecule has 0 atom stereocenters. The molecule has 2 aromatic rings. The number of thioether (sulfide) groups is 1. The number of amides is 1. The fraction of sp³-hybridized carbons (Fsp3) is 0.400. The molecule has 0 aromatic carbocycles. The summed E-state index contributed by atoms with van der Waals surface area (Å²) in [7, 11) is 0. The maximum absolute atomic E-state index is 13.2. The van der Waals surface area contributed by atoms with Gasteiger partial charge in [0.1, 0.15) is 15.8 Å². The van der Waals surface area contributed by atoms with E-state index in [1.807, 2.05) is 26.0 Å². The molecule has 2 aromatic heterocycles. The largest absolute Gasteiger partial charge is 0.356 e. The first-order chi connectivity index (χ1) is 13.5. The molecule has 2 aliphatic heterocycles. The third kappa shape index (κ3) is 3.46. The zero-order valence-corrected chi connectivity index (χ0v) is 17.6. The summed E-state index contributed by atoms with van der Waals surface area (Å²) in [6, 6.07) is 5.50. The predicted octanol–water partition coefficient (Wildman–Crippen LogP) is 3.15. The second-order valence-corrected chi connectivity index (χ2v) is 9.14. The minimum atomic E-state index is -0.165. The van der Waals surface area contributed by atoms with Gasteiger partial charge in [-0.25, -0.2) is 4.98 Å². The van der Waals surface area contributed by atoms with Gasteiger partial charge in [-0.1, -0.05) is 43.9 Å². The van der Waals surface area contributed by atoms with E-state index >= 15 is 0 Å². The number of fused-ring (bicyclic) bond motifs is 1. The SMILES string of the molecule is CC(C)CN1C(=O)C(=Cc2c(N3CCCC3)nc3ccccn3c2=O)SC1=S. The van der Waals surface area contributed by atoms with E-state index in [1.165, 1.54) is 16.2 Å². The van der Waals surface area contributed by atoms with Gasteiger partial charge in [0.2, 0.25) is 0 Å². The molecule has 2 saturated heterocycles. The Kier molecular flexibility index (Phi) is 5.25. The Balaban J connectivity index is 1.83. The van der Waals surface area contributed by atoms with Crippen molar-refractivity contribution in [3.63, 3.8) is 0 Å². The summed E-state index contributed by atoms with van der Waals surface area (Å²) in [6.07, 6.45) is 5.54. The molecule has 2 fully saturated rings. The van der Waals surface area contributed by atoms with E-state index < -0.39 is 0 Å². The van der Waals surface area contributed by atoms with Crippen LogP contribution in [0.25, 0.3) is 11.7 Å². The highest BCUT2D eigenvalue weighted by Gasteiger charge is 2.33. The number of hydrogen-bond donors (Lipinski definition) is 0. The van der Waals surface area contributed by atoms with E-state index in [-0.39, 0.29) is 11.5 Å². The first-order valence-corrected chi connectivity index (χ1v) is 10.7. The second-order valence-electron chi connectivity index (χ2n) is 7.46. The van der Waals surface area contributed by atoms with Crippen LogP contribution in [0.1, 0.15) is 32.3 Å². The second kappa shape index (κ2) is 7.67. The molecule has 0 bridgehead atoms. The van der Waals surface area contributed by atoms with Gasteiger partial charge in [0.15, 0.2) is 0 Å². The van der Waals surface area contributed by atoms with Gasteiger partial charge in [-0.15, -0.1) is 0 Å². The summed E-state index contributed by atoms with van der Waals surface area (Å²) in [5.41, 5.74) is 0.899. The molecule has 0 saturated carbocycles. The molecule has 0 N–H and O–H groups in total. The molecule has 2 aliphatic rings. The maximum Gasteiger partial charge on any atom is 0.267 e. The van der Waals surface area contributed by atoms with Crippen molar-refractivity contribution in [3.8, 4) is 0 Å². The fourth-order valence-electron chi connectivity index (χ4n) is 3.54. The van der Waals surface area contributed by atoms with Gasteiger partial charge in [0.05, 0.1) is 10.5 Å². The summed E-state index contributed by atoms with van der Waals surface area (Å²) in [5, 5.41) is 0. The molecule has 0 unspecified atom stereocenters. The van der Waals surface area contributed by atoms with Gasteiger partial charge in [0, 0.05) is 25.8 Å². The van der Waals surface area contributed by atoms with E-state index in [4.69, 9.17) is 17.2 Å². The lowest BCUT2D eigenvalue weighted by Crippen LogP contribution is -2.31. The molecule has 1 amide bonds. The Bertz CT molecular complexity index is 1040. The van der Waals surface area contributed by atoms with Crippen LogP contribution < -0.4 is 10.5 Å². The fourth-order valence-corrected chi connectivity index (χ4v) is 4.80. The zero-order chi connectivity index (χ0) is 19.8. The molecule has 146 valence electrons. The van der Waals surface area contributed by atoms with Gasteiger partial charge in [-0.3, -0.25) is 18.9 Å². The van der Waals surface area contributed by atoms with Crippen LogP contribution in [0.2, 0.25) is 0 Å². The number of hydrogen-bond acceptors (Lipinski definition) is 6. The molecule has 0 spiro atoms. The molecular formula is C20H22N4O2S2. The smallest absolute Gasteiger partial charge is 0.267 e. The average Bonchev–Trinajstić information content (AvgIpc) is 3.28. The van der Waals surface area contributed by atoms with Crippen LogP contribution in [-0.2, 0) is 4.79 Å². The van der Waals surface area contributed by atoms with Crippen molar-refractivity contribution in [2.75, 3.05) is 24.5 Å². The van der Waals surface area contributed by atoms with Crippen LogP contribution in [0, 0.1) is 5.92 Å². The first kappa shape index (κ1) is 19.1. The zero-order valence-electron chi connectivity index (χ0n) is 15.9. The van der Waals surface area contributed by atoms with Crippen LogP contribution in [0.15, 0.2) is 34.1 Å². The number of carbonyl (C=O) groups is 1. The van der Waals surface area contributed by atoms with Crippen molar-refractivity contribution in [2.45, 2.75) is 26.7 Å². The van der Waals surface area contributed by atoms with Crippen molar-refractivity contribution >= 4 is 51.7 Å². The molecule has 4 heterocycles. The maximum atomic E-state index is 13.2. The molecule has 0 aliphatic carbocycles. The van der Waals surface area contributed by atoms with E-state index in [0.29, 0.717) is 38.7 Å². The van der Waals surface area contributed by atoms with Crippen molar-refractivity contribution in [1.29, 1.82) is 0 Å². The number of rotatable bonds is 4. The van der Waals surface area contributed by atoms with Crippen molar-refractivity contribution < 1.29 is 4.79 Å². The molecule has 8 heteroatoms. The molecule has 0 radical (unpaired) electrons. The standard InChI is InChI=1S/C20H22N4O2S2/c1-13(2)12-24-19(26)15(28-20(24)27)11-14-17(22-8-5-6-9-22)21-16-7-3-4-10-23(16)18(14)25/h3-4,7,10-11,13H,5-6,8-9,12H2,1-2H3. The van der Waals surface area contributed by atoms with Gasteiger partial charge >= 0.3 is 0 Å². The van der Waals surface area contributed by atoms with Crippen LogP contribution in [0.5, 0.6) is 0 Å². The van der Waals surface area contributed by atoms with Crippen LogP contribution in [-0.4, -0.2) is 44.1 Å². The van der Waals surface area contributed by atoms with E-state index in [2.05, 4.69) is 4.90 Å². The predicted molar refractivity (Wildman–Crippen MR) is 118 cm³/mol. The lowest BCUT2D eigenvalue weighted by molar-refractivity contribution is -0.122. The van der Waals surface area contributed by atoms with Gasteiger partial charge in [0.25, 0.3) is 11.5 Å². The topological polar surface area (TPSA) is 57.9 Å². The number of thiocarbonyl (C=S) groups is 1. The van der Waals surface area contributed by atoms with Gasteiger partial charge < -0.3 is 4.90 Å². The highest BCUT2D eigenvalue weighted by atomic mass is 32.2. The minimum Gasteiger partial charge on any atom is -0.356 e. The van der Waals surface area contributed by atoms with Crippen molar-refractivity contribution in [3.05, 3.63) is 45.2 Å². The van der Waals surface area contributed by atoms with E-state index in [9.17, 15) is 9.59 Å². The highest BCUT2D eigenvalue weighted by molar-refractivity contribution is 8.26.